The summed E-state index contributed by atoms with van der Waals surface area (Å²) in [6.45, 7) is 6.24. The number of hydrogen-bond donors (Lipinski definition) is 0. The van der Waals surface area contributed by atoms with Gasteiger partial charge >= 0.3 is 0 Å². The van der Waals surface area contributed by atoms with Crippen molar-refractivity contribution < 1.29 is 4.74 Å². The molecule has 0 aromatic carbocycles. The summed E-state index contributed by atoms with van der Waals surface area (Å²) in [5.74, 6) is 0.645. The molecule has 1 fully saturated rings. The Hall–Kier alpha value is 0.140. The molecule has 3 heteroatoms. The molecule has 1 aromatic rings. The minimum atomic E-state index is 0.475. The van der Waals surface area contributed by atoms with Gasteiger partial charge in [-0.05, 0) is 44.2 Å². The van der Waals surface area contributed by atoms with Gasteiger partial charge in [0, 0.05) is 21.2 Å². The number of thiophene rings is 1. The Morgan fingerprint density at radius 1 is 1.53 bits per heavy atom. The second-order valence-corrected chi connectivity index (χ2v) is 6.69. The van der Waals surface area contributed by atoms with Gasteiger partial charge in [0.15, 0.2) is 0 Å². The highest BCUT2D eigenvalue weighted by Crippen LogP contribution is 2.39. The van der Waals surface area contributed by atoms with Crippen molar-refractivity contribution in [2.75, 3.05) is 13.2 Å². The monoisotopic (exact) mass is 288 g/mol. The zero-order chi connectivity index (χ0) is 10.8. The van der Waals surface area contributed by atoms with Crippen molar-refractivity contribution in [2.45, 2.75) is 31.5 Å². The molecule has 2 atom stereocenters. The van der Waals surface area contributed by atoms with Crippen LogP contribution >= 0.6 is 27.3 Å². The minimum absolute atomic E-state index is 0.475. The van der Waals surface area contributed by atoms with Crippen LogP contribution in [0.15, 0.2) is 6.07 Å². The smallest absolute Gasteiger partial charge is 0.0508 e. The van der Waals surface area contributed by atoms with E-state index < -0.39 is 0 Å². The average Bonchev–Trinajstić information content (AvgIpc) is 2.58. The highest BCUT2D eigenvalue weighted by molar-refractivity contribution is 9.09. The standard InChI is InChI=1S/C12H17BrOS/c1-8-6-11(9(2)15-8)12(13)10-4-3-5-14-7-10/h6,10,12H,3-5,7H2,1-2H3. The molecule has 2 unspecified atom stereocenters. The average molecular weight is 289 g/mol. The van der Waals surface area contributed by atoms with Crippen molar-refractivity contribution >= 4 is 27.3 Å². The number of hydrogen-bond acceptors (Lipinski definition) is 2. The molecular weight excluding hydrogens is 272 g/mol. The maximum atomic E-state index is 5.54. The maximum absolute atomic E-state index is 5.54. The number of ether oxygens (including phenoxy) is 1. The van der Waals surface area contributed by atoms with Gasteiger partial charge in [-0.15, -0.1) is 11.3 Å². The van der Waals surface area contributed by atoms with E-state index in [0.717, 1.165) is 13.2 Å². The Morgan fingerprint density at radius 3 is 2.87 bits per heavy atom. The third-order valence-corrected chi connectivity index (χ3v) is 5.21. The van der Waals surface area contributed by atoms with Gasteiger partial charge in [0.05, 0.1) is 6.61 Å². The Bertz CT molecular complexity index is 328. The molecule has 1 saturated heterocycles. The van der Waals surface area contributed by atoms with Crippen LogP contribution in [0.25, 0.3) is 0 Å². The van der Waals surface area contributed by atoms with Crippen molar-refractivity contribution in [3.05, 3.63) is 21.4 Å². The van der Waals surface area contributed by atoms with E-state index >= 15 is 0 Å². The molecule has 15 heavy (non-hydrogen) atoms. The van der Waals surface area contributed by atoms with Crippen LogP contribution in [0.2, 0.25) is 0 Å². The number of aryl methyl sites for hydroxylation is 2. The van der Waals surface area contributed by atoms with Crippen LogP contribution in [0.1, 0.15) is 33.0 Å². The first-order valence-corrected chi connectivity index (χ1v) is 7.20. The van der Waals surface area contributed by atoms with Crippen LogP contribution in [0.4, 0.5) is 0 Å². The SMILES string of the molecule is Cc1cc(C(Br)C2CCCOC2)c(C)s1. The lowest BCUT2D eigenvalue weighted by Crippen LogP contribution is -2.21. The predicted octanol–water partition coefficient (Wildman–Crippen LogP) is 4.23. The highest BCUT2D eigenvalue weighted by Gasteiger charge is 2.25. The molecule has 0 N–H and O–H groups in total. The summed E-state index contributed by atoms with van der Waals surface area (Å²) < 4.78 is 5.54. The fraction of sp³-hybridized carbons (Fsp3) is 0.667. The molecule has 2 rings (SSSR count). The molecule has 1 aliphatic rings. The van der Waals surface area contributed by atoms with Gasteiger partial charge in [-0.2, -0.15) is 0 Å². The van der Waals surface area contributed by atoms with E-state index in [1.165, 1.54) is 28.2 Å². The predicted molar refractivity (Wildman–Crippen MR) is 69.0 cm³/mol. The fourth-order valence-electron chi connectivity index (χ4n) is 2.17. The first-order valence-electron chi connectivity index (χ1n) is 5.47. The molecule has 0 aliphatic carbocycles. The molecule has 0 amide bonds. The molecule has 1 nitrogen and oxygen atoms in total. The first-order chi connectivity index (χ1) is 7.18. The lowest BCUT2D eigenvalue weighted by Gasteiger charge is -2.26. The van der Waals surface area contributed by atoms with Crippen molar-refractivity contribution in [1.82, 2.24) is 0 Å². The fourth-order valence-corrected chi connectivity index (χ4v) is 4.19. The zero-order valence-corrected chi connectivity index (χ0v) is 11.7. The summed E-state index contributed by atoms with van der Waals surface area (Å²) >= 11 is 5.73. The lowest BCUT2D eigenvalue weighted by atomic mass is 9.94. The number of halogens is 1. The highest BCUT2D eigenvalue weighted by atomic mass is 79.9. The lowest BCUT2D eigenvalue weighted by molar-refractivity contribution is 0.0546. The minimum Gasteiger partial charge on any atom is -0.381 e. The number of alkyl halides is 1. The molecular formula is C12H17BrOS. The van der Waals surface area contributed by atoms with E-state index in [-0.39, 0.29) is 0 Å². The summed E-state index contributed by atoms with van der Waals surface area (Å²) in [5, 5.41) is 0. The molecule has 1 aliphatic heterocycles. The van der Waals surface area contributed by atoms with Crippen LogP contribution < -0.4 is 0 Å². The van der Waals surface area contributed by atoms with Crippen LogP contribution in [-0.4, -0.2) is 13.2 Å². The van der Waals surface area contributed by atoms with E-state index in [9.17, 15) is 0 Å². The normalized spacial score (nSPS) is 24.1. The zero-order valence-electron chi connectivity index (χ0n) is 9.25. The van der Waals surface area contributed by atoms with Gasteiger partial charge in [-0.25, -0.2) is 0 Å². The van der Waals surface area contributed by atoms with Gasteiger partial charge in [0.1, 0.15) is 0 Å². The maximum Gasteiger partial charge on any atom is 0.0508 e. The third kappa shape index (κ3) is 2.63. The van der Waals surface area contributed by atoms with Crippen molar-refractivity contribution in [3.8, 4) is 0 Å². The van der Waals surface area contributed by atoms with E-state index in [4.69, 9.17) is 4.74 Å². The Labute approximate surface area is 104 Å². The van der Waals surface area contributed by atoms with Crippen molar-refractivity contribution in [1.29, 1.82) is 0 Å². The quantitative estimate of drug-likeness (QED) is 0.740. The van der Waals surface area contributed by atoms with Crippen LogP contribution in [0.5, 0.6) is 0 Å². The van der Waals surface area contributed by atoms with Gasteiger partial charge < -0.3 is 4.74 Å². The van der Waals surface area contributed by atoms with Gasteiger partial charge in [-0.1, -0.05) is 15.9 Å². The molecule has 84 valence electrons. The molecule has 1 aromatic heterocycles. The Kier molecular flexibility index (Phi) is 3.86. The van der Waals surface area contributed by atoms with E-state index in [1.54, 1.807) is 0 Å². The molecule has 0 radical (unpaired) electrons. The summed E-state index contributed by atoms with van der Waals surface area (Å²) in [7, 11) is 0. The summed E-state index contributed by atoms with van der Waals surface area (Å²) in [5.41, 5.74) is 1.47. The van der Waals surface area contributed by atoms with E-state index in [1.807, 2.05) is 11.3 Å². The van der Waals surface area contributed by atoms with Crippen molar-refractivity contribution in [3.63, 3.8) is 0 Å². The molecule has 0 spiro atoms. The molecule has 2 heterocycles. The molecule has 0 bridgehead atoms. The van der Waals surface area contributed by atoms with Gasteiger partial charge in [0.25, 0.3) is 0 Å². The molecule has 0 saturated carbocycles. The second-order valence-electron chi connectivity index (χ2n) is 4.25. The van der Waals surface area contributed by atoms with Crippen LogP contribution in [0, 0.1) is 19.8 Å². The third-order valence-electron chi connectivity index (χ3n) is 2.99. The number of rotatable bonds is 2. The summed E-state index contributed by atoms with van der Waals surface area (Å²) in [6.07, 6.45) is 2.49. The topological polar surface area (TPSA) is 9.23 Å². The second kappa shape index (κ2) is 4.98. The van der Waals surface area contributed by atoms with Crippen LogP contribution in [0.3, 0.4) is 0 Å². The van der Waals surface area contributed by atoms with E-state index in [0.29, 0.717) is 10.7 Å². The van der Waals surface area contributed by atoms with Crippen LogP contribution in [-0.2, 0) is 4.74 Å². The van der Waals surface area contributed by atoms with Gasteiger partial charge in [0.2, 0.25) is 0 Å². The van der Waals surface area contributed by atoms with E-state index in [2.05, 4.69) is 35.8 Å². The Balaban J connectivity index is 2.12. The summed E-state index contributed by atoms with van der Waals surface area (Å²) in [6, 6.07) is 2.31. The Morgan fingerprint density at radius 2 is 2.33 bits per heavy atom. The van der Waals surface area contributed by atoms with Crippen molar-refractivity contribution in [2.24, 2.45) is 5.92 Å². The summed E-state index contributed by atoms with van der Waals surface area (Å²) in [4.78, 5) is 3.33. The largest absolute Gasteiger partial charge is 0.381 e. The van der Waals surface area contributed by atoms with Gasteiger partial charge in [-0.3, -0.25) is 0 Å². The first kappa shape index (κ1) is 11.6.